The third kappa shape index (κ3) is 3.90. The first-order valence-electron chi connectivity index (χ1n) is 9.52. The molecule has 0 bridgehead atoms. The van der Waals surface area contributed by atoms with E-state index in [1.807, 2.05) is 12.1 Å². The monoisotopic (exact) mass is 394 g/mol. The number of nitrogens with zero attached hydrogens (tertiary/aromatic N) is 4. The summed E-state index contributed by atoms with van der Waals surface area (Å²) in [5.74, 6) is 0.309. The number of anilines is 1. The normalized spacial score (nSPS) is 16.8. The molecule has 1 aromatic carbocycles. The van der Waals surface area contributed by atoms with Crippen molar-refractivity contribution in [3.63, 3.8) is 0 Å². The van der Waals surface area contributed by atoms with E-state index in [-0.39, 0.29) is 24.0 Å². The third-order valence-corrected chi connectivity index (χ3v) is 5.25. The van der Waals surface area contributed by atoms with Crippen molar-refractivity contribution in [2.45, 2.75) is 12.6 Å². The van der Waals surface area contributed by atoms with Crippen LogP contribution in [0.1, 0.15) is 17.2 Å². The van der Waals surface area contributed by atoms with Crippen molar-refractivity contribution < 1.29 is 4.39 Å². The van der Waals surface area contributed by atoms with Crippen LogP contribution in [0.5, 0.6) is 0 Å². The van der Waals surface area contributed by atoms with Crippen molar-refractivity contribution in [1.82, 2.24) is 19.9 Å². The van der Waals surface area contributed by atoms with Crippen molar-refractivity contribution in [2.24, 2.45) is 12.8 Å². The van der Waals surface area contributed by atoms with Crippen LogP contribution >= 0.6 is 0 Å². The Morgan fingerprint density at radius 2 is 2.03 bits per heavy atom. The second kappa shape index (κ2) is 8.10. The van der Waals surface area contributed by atoms with Crippen LogP contribution in [0.15, 0.2) is 53.6 Å². The zero-order valence-electron chi connectivity index (χ0n) is 16.2. The van der Waals surface area contributed by atoms with Crippen LogP contribution in [0.3, 0.4) is 0 Å². The Morgan fingerprint density at radius 3 is 2.79 bits per heavy atom. The summed E-state index contributed by atoms with van der Waals surface area (Å²) in [6.45, 7) is 2.27. The average Bonchev–Trinajstić information content (AvgIpc) is 2.76. The van der Waals surface area contributed by atoms with Gasteiger partial charge in [0.25, 0.3) is 5.56 Å². The van der Waals surface area contributed by atoms with E-state index in [1.165, 1.54) is 18.2 Å². The average molecular weight is 394 g/mol. The number of nitrogens with one attached hydrogen (secondary N) is 1. The first-order valence-corrected chi connectivity index (χ1v) is 9.52. The molecule has 3 aromatic rings. The molecule has 0 spiro atoms. The molecular formula is C21H23FN6O. The fourth-order valence-corrected chi connectivity index (χ4v) is 3.71. The molecule has 8 heteroatoms. The SMILES string of the molecule is Cn1c(N2CCNC(c3ccc(F)cc3CN)C2)nc(-c2ccncc2)cc1=O. The van der Waals surface area contributed by atoms with Gasteiger partial charge in [-0.05, 0) is 35.4 Å². The fraction of sp³-hybridized carbons (Fsp3) is 0.286. The summed E-state index contributed by atoms with van der Waals surface area (Å²) >= 11 is 0. The van der Waals surface area contributed by atoms with Crippen LogP contribution in [0.4, 0.5) is 10.3 Å². The van der Waals surface area contributed by atoms with Gasteiger partial charge in [-0.3, -0.25) is 14.3 Å². The topological polar surface area (TPSA) is 89.1 Å². The Kier molecular flexibility index (Phi) is 5.37. The number of hydrogen-bond donors (Lipinski definition) is 2. The van der Waals surface area contributed by atoms with Crippen LogP contribution in [0, 0.1) is 5.82 Å². The lowest BCUT2D eigenvalue weighted by molar-refractivity contribution is 0.459. The second-order valence-corrected chi connectivity index (χ2v) is 7.07. The van der Waals surface area contributed by atoms with Crippen LogP contribution in [-0.4, -0.2) is 34.2 Å². The van der Waals surface area contributed by atoms with Gasteiger partial charge in [0, 0.05) is 57.3 Å². The van der Waals surface area contributed by atoms with Crippen LogP contribution in [0.2, 0.25) is 0 Å². The molecule has 7 nitrogen and oxygen atoms in total. The summed E-state index contributed by atoms with van der Waals surface area (Å²) in [5, 5.41) is 3.47. The maximum Gasteiger partial charge on any atom is 0.255 e. The first kappa shape index (κ1) is 19.2. The van der Waals surface area contributed by atoms with E-state index in [0.29, 0.717) is 31.3 Å². The number of hydrogen-bond acceptors (Lipinski definition) is 6. The van der Waals surface area contributed by atoms with Gasteiger partial charge < -0.3 is 16.0 Å². The van der Waals surface area contributed by atoms with E-state index in [0.717, 1.165) is 16.7 Å². The first-order chi connectivity index (χ1) is 14.1. The summed E-state index contributed by atoms with van der Waals surface area (Å²) in [4.78, 5) is 23.4. The molecule has 0 saturated carbocycles. The molecule has 2 aromatic heterocycles. The van der Waals surface area contributed by atoms with Gasteiger partial charge in [-0.25, -0.2) is 9.37 Å². The molecule has 0 aliphatic carbocycles. The molecule has 3 N–H and O–H groups in total. The van der Waals surface area contributed by atoms with Gasteiger partial charge in [0.1, 0.15) is 5.82 Å². The number of aromatic nitrogens is 3. The molecule has 29 heavy (non-hydrogen) atoms. The highest BCUT2D eigenvalue weighted by Crippen LogP contribution is 2.25. The molecule has 1 saturated heterocycles. The quantitative estimate of drug-likeness (QED) is 0.699. The molecule has 1 aliphatic heterocycles. The molecule has 1 fully saturated rings. The smallest absolute Gasteiger partial charge is 0.255 e. The van der Waals surface area contributed by atoms with Gasteiger partial charge in [0.2, 0.25) is 5.95 Å². The van der Waals surface area contributed by atoms with Gasteiger partial charge >= 0.3 is 0 Å². The van der Waals surface area contributed by atoms with E-state index >= 15 is 0 Å². The lowest BCUT2D eigenvalue weighted by Crippen LogP contribution is -2.48. The second-order valence-electron chi connectivity index (χ2n) is 7.07. The number of rotatable bonds is 4. The van der Waals surface area contributed by atoms with E-state index in [9.17, 15) is 9.18 Å². The van der Waals surface area contributed by atoms with Crippen LogP contribution < -0.4 is 21.5 Å². The standard InChI is InChI=1S/C21H23FN6O/c1-27-20(29)11-18(14-4-6-24-7-5-14)26-21(27)28-9-8-25-19(13-28)17-3-2-16(22)10-15(17)12-23/h2-7,10-11,19,25H,8-9,12-13,23H2,1H3. The lowest BCUT2D eigenvalue weighted by atomic mass is 9.98. The minimum Gasteiger partial charge on any atom is -0.339 e. The van der Waals surface area contributed by atoms with E-state index < -0.39 is 0 Å². The number of nitrogens with two attached hydrogens (primary N) is 1. The Morgan fingerprint density at radius 1 is 1.24 bits per heavy atom. The minimum atomic E-state index is -0.295. The van der Waals surface area contributed by atoms with Gasteiger partial charge in [-0.2, -0.15) is 0 Å². The van der Waals surface area contributed by atoms with Crippen molar-refractivity contribution >= 4 is 5.95 Å². The number of pyridine rings is 1. The van der Waals surface area contributed by atoms with Gasteiger partial charge in [0.15, 0.2) is 0 Å². The summed E-state index contributed by atoms with van der Waals surface area (Å²) in [7, 11) is 1.72. The molecule has 4 rings (SSSR count). The van der Waals surface area contributed by atoms with E-state index in [1.54, 1.807) is 30.1 Å². The molecule has 1 aliphatic rings. The van der Waals surface area contributed by atoms with Crippen LogP contribution in [0.25, 0.3) is 11.3 Å². The zero-order valence-corrected chi connectivity index (χ0v) is 16.2. The molecule has 3 heterocycles. The zero-order chi connectivity index (χ0) is 20.4. The fourth-order valence-electron chi connectivity index (χ4n) is 3.71. The minimum absolute atomic E-state index is 0.0376. The lowest BCUT2D eigenvalue weighted by Gasteiger charge is -2.36. The van der Waals surface area contributed by atoms with Gasteiger partial charge in [0.05, 0.1) is 11.7 Å². The largest absolute Gasteiger partial charge is 0.339 e. The van der Waals surface area contributed by atoms with Crippen molar-refractivity contribution in [2.75, 3.05) is 24.5 Å². The predicted octanol–water partition coefficient (Wildman–Crippen LogP) is 1.59. The van der Waals surface area contributed by atoms with Crippen molar-refractivity contribution in [3.8, 4) is 11.3 Å². The van der Waals surface area contributed by atoms with Gasteiger partial charge in [-0.15, -0.1) is 0 Å². The predicted molar refractivity (Wildman–Crippen MR) is 110 cm³/mol. The van der Waals surface area contributed by atoms with Crippen molar-refractivity contribution in [3.05, 3.63) is 76.1 Å². The van der Waals surface area contributed by atoms with Crippen LogP contribution in [-0.2, 0) is 13.6 Å². The Balaban J connectivity index is 1.68. The summed E-state index contributed by atoms with van der Waals surface area (Å²) in [6, 6.07) is 9.87. The maximum absolute atomic E-state index is 13.6. The summed E-state index contributed by atoms with van der Waals surface area (Å²) < 4.78 is 15.2. The Labute approximate surface area is 168 Å². The molecule has 0 radical (unpaired) electrons. The van der Waals surface area contributed by atoms with E-state index in [4.69, 9.17) is 10.7 Å². The molecule has 0 amide bonds. The summed E-state index contributed by atoms with van der Waals surface area (Å²) in [6.07, 6.45) is 3.36. The number of halogens is 1. The Bertz CT molecular complexity index is 1070. The van der Waals surface area contributed by atoms with Crippen molar-refractivity contribution in [1.29, 1.82) is 0 Å². The highest BCUT2D eigenvalue weighted by molar-refractivity contribution is 5.59. The highest BCUT2D eigenvalue weighted by atomic mass is 19.1. The Hall–Kier alpha value is -3.10. The molecule has 1 atom stereocenters. The summed E-state index contributed by atoms with van der Waals surface area (Å²) in [5.41, 5.74) is 8.90. The van der Waals surface area contributed by atoms with E-state index in [2.05, 4.69) is 15.2 Å². The highest BCUT2D eigenvalue weighted by Gasteiger charge is 2.25. The molecule has 1 unspecified atom stereocenters. The number of benzene rings is 1. The third-order valence-electron chi connectivity index (χ3n) is 5.25. The number of piperazine rings is 1. The molecule has 150 valence electrons. The molecular weight excluding hydrogens is 371 g/mol. The van der Waals surface area contributed by atoms with Gasteiger partial charge in [-0.1, -0.05) is 6.07 Å². The maximum atomic E-state index is 13.6.